The molecule has 29 heavy (non-hydrogen) atoms. The third-order valence-corrected chi connectivity index (χ3v) is 5.93. The van der Waals surface area contributed by atoms with Crippen LogP contribution in [0.5, 0.6) is 0 Å². The second-order valence-corrected chi connectivity index (χ2v) is 7.73. The highest BCUT2D eigenvalue weighted by molar-refractivity contribution is 5.94. The predicted octanol–water partition coefficient (Wildman–Crippen LogP) is 2.20. The number of hydrogen-bond acceptors (Lipinski definition) is 4. The summed E-state index contributed by atoms with van der Waals surface area (Å²) in [5.74, 6) is -0.133. The summed E-state index contributed by atoms with van der Waals surface area (Å²) in [5, 5.41) is 8.23. The van der Waals surface area contributed by atoms with Gasteiger partial charge in [-0.25, -0.2) is 4.39 Å². The third-order valence-electron chi connectivity index (χ3n) is 5.93. The molecule has 2 aromatic rings. The SMILES string of the molecule is CCn1nc(C(=O)N2CCOCC2)c2c1CCC(NCCc1ccccc1F)C2. The van der Waals surface area contributed by atoms with Gasteiger partial charge in [-0.2, -0.15) is 5.10 Å². The first-order valence-corrected chi connectivity index (χ1v) is 10.6. The van der Waals surface area contributed by atoms with Crippen molar-refractivity contribution in [1.82, 2.24) is 20.0 Å². The maximum atomic E-state index is 13.8. The van der Waals surface area contributed by atoms with E-state index in [2.05, 4.69) is 17.3 Å². The zero-order valence-electron chi connectivity index (χ0n) is 17.0. The molecule has 2 heterocycles. The van der Waals surface area contributed by atoms with Gasteiger partial charge >= 0.3 is 0 Å². The molecule has 1 atom stereocenters. The number of halogens is 1. The fraction of sp³-hybridized carbons (Fsp3) is 0.545. The number of nitrogens with zero attached hydrogens (tertiary/aromatic N) is 3. The molecule has 6 nitrogen and oxygen atoms in total. The molecule has 2 aliphatic rings. The lowest BCUT2D eigenvalue weighted by Crippen LogP contribution is -2.42. The third kappa shape index (κ3) is 4.36. The molecule has 1 aromatic carbocycles. The number of rotatable bonds is 6. The maximum Gasteiger partial charge on any atom is 0.274 e. The van der Waals surface area contributed by atoms with Crippen LogP contribution in [-0.4, -0.2) is 59.5 Å². The number of aromatic nitrogens is 2. The summed E-state index contributed by atoms with van der Waals surface area (Å²) >= 11 is 0. The van der Waals surface area contributed by atoms with Gasteiger partial charge in [0.05, 0.1) is 13.2 Å². The smallest absolute Gasteiger partial charge is 0.274 e. The largest absolute Gasteiger partial charge is 0.378 e. The Balaban J connectivity index is 1.44. The van der Waals surface area contributed by atoms with E-state index in [1.807, 2.05) is 21.7 Å². The van der Waals surface area contributed by atoms with E-state index in [0.29, 0.717) is 38.4 Å². The van der Waals surface area contributed by atoms with E-state index >= 15 is 0 Å². The van der Waals surface area contributed by atoms with Crippen molar-refractivity contribution >= 4 is 5.91 Å². The Morgan fingerprint density at radius 1 is 1.31 bits per heavy atom. The lowest BCUT2D eigenvalue weighted by molar-refractivity contribution is 0.0297. The quantitative estimate of drug-likeness (QED) is 0.808. The van der Waals surface area contributed by atoms with Crippen molar-refractivity contribution in [3.05, 3.63) is 52.6 Å². The van der Waals surface area contributed by atoms with Crippen LogP contribution in [0, 0.1) is 5.82 Å². The number of nitrogens with one attached hydrogen (secondary N) is 1. The normalized spacial score (nSPS) is 19.2. The molecule has 7 heteroatoms. The zero-order chi connectivity index (χ0) is 20.2. The zero-order valence-corrected chi connectivity index (χ0v) is 17.0. The van der Waals surface area contributed by atoms with Crippen LogP contribution in [0.1, 0.15) is 40.7 Å². The van der Waals surface area contributed by atoms with E-state index in [-0.39, 0.29) is 17.8 Å². The fourth-order valence-corrected chi connectivity index (χ4v) is 4.32. The van der Waals surface area contributed by atoms with Crippen LogP contribution in [0.15, 0.2) is 24.3 Å². The number of ether oxygens (including phenoxy) is 1. The van der Waals surface area contributed by atoms with Crippen LogP contribution in [-0.2, 0) is 30.5 Å². The van der Waals surface area contributed by atoms with Crippen LogP contribution in [0.4, 0.5) is 4.39 Å². The Morgan fingerprint density at radius 3 is 2.86 bits per heavy atom. The highest BCUT2D eigenvalue weighted by atomic mass is 19.1. The molecule has 156 valence electrons. The molecule has 0 bridgehead atoms. The van der Waals surface area contributed by atoms with Gasteiger partial charge < -0.3 is 15.0 Å². The molecule has 1 aliphatic heterocycles. The average Bonchev–Trinajstić information content (AvgIpc) is 3.13. The lowest BCUT2D eigenvalue weighted by Gasteiger charge is -2.28. The number of benzene rings is 1. The Kier molecular flexibility index (Phi) is 6.25. The number of aryl methyl sites for hydroxylation is 1. The summed E-state index contributed by atoms with van der Waals surface area (Å²) < 4.78 is 21.2. The van der Waals surface area contributed by atoms with Crippen LogP contribution >= 0.6 is 0 Å². The molecule has 1 aromatic heterocycles. The molecule has 0 spiro atoms. The van der Waals surface area contributed by atoms with Crippen LogP contribution in [0.25, 0.3) is 0 Å². The highest BCUT2D eigenvalue weighted by Crippen LogP contribution is 2.26. The van der Waals surface area contributed by atoms with Crippen molar-refractivity contribution in [3.63, 3.8) is 0 Å². The minimum absolute atomic E-state index is 0.0174. The first-order chi connectivity index (χ1) is 14.2. The van der Waals surface area contributed by atoms with Crippen molar-refractivity contribution in [2.24, 2.45) is 0 Å². The van der Waals surface area contributed by atoms with Crippen molar-refractivity contribution in [2.75, 3.05) is 32.8 Å². The van der Waals surface area contributed by atoms with Crippen molar-refractivity contribution in [3.8, 4) is 0 Å². The van der Waals surface area contributed by atoms with Crippen LogP contribution in [0.2, 0.25) is 0 Å². The molecule has 1 aliphatic carbocycles. The second kappa shape index (κ2) is 9.05. The molecule has 1 amide bonds. The summed E-state index contributed by atoms with van der Waals surface area (Å²) in [6.07, 6.45) is 3.35. The van der Waals surface area contributed by atoms with Crippen LogP contribution in [0.3, 0.4) is 0 Å². The van der Waals surface area contributed by atoms with Gasteiger partial charge in [0.2, 0.25) is 0 Å². The number of fused-ring (bicyclic) bond motifs is 1. The molecular formula is C22H29FN4O2. The van der Waals surface area contributed by atoms with Crippen molar-refractivity contribution in [2.45, 2.75) is 45.2 Å². The first-order valence-electron chi connectivity index (χ1n) is 10.6. The standard InChI is InChI=1S/C22H29FN4O2/c1-2-27-20-8-7-17(24-10-9-16-5-3-4-6-19(16)23)15-18(20)21(25-27)22(28)26-11-13-29-14-12-26/h3-6,17,24H,2,7-15H2,1H3. The van der Waals surface area contributed by atoms with E-state index in [4.69, 9.17) is 4.74 Å². The van der Waals surface area contributed by atoms with Gasteiger partial charge in [-0.05, 0) is 50.8 Å². The summed E-state index contributed by atoms with van der Waals surface area (Å²) in [7, 11) is 0. The molecule has 1 N–H and O–H groups in total. The summed E-state index contributed by atoms with van der Waals surface area (Å²) in [6, 6.07) is 7.20. The Hall–Kier alpha value is -2.25. The molecule has 1 unspecified atom stereocenters. The Labute approximate surface area is 171 Å². The van der Waals surface area contributed by atoms with Gasteiger partial charge in [0.25, 0.3) is 5.91 Å². The summed E-state index contributed by atoms with van der Waals surface area (Å²) in [6.45, 7) is 5.97. The van der Waals surface area contributed by atoms with E-state index in [9.17, 15) is 9.18 Å². The number of carbonyl (C=O) groups is 1. The molecule has 4 rings (SSSR count). The second-order valence-electron chi connectivity index (χ2n) is 7.73. The van der Waals surface area contributed by atoms with Gasteiger partial charge in [-0.3, -0.25) is 9.48 Å². The van der Waals surface area contributed by atoms with Gasteiger partial charge in [-0.15, -0.1) is 0 Å². The minimum Gasteiger partial charge on any atom is -0.378 e. The molecular weight excluding hydrogens is 371 g/mol. The Morgan fingerprint density at radius 2 is 2.10 bits per heavy atom. The average molecular weight is 400 g/mol. The van der Waals surface area contributed by atoms with Gasteiger partial charge in [0.15, 0.2) is 5.69 Å². The molecule has 1 saturated heterocycles. The summed E-state index contributed by atoms with van der Waals surface area (Å²) in [4.78, 5) is 14.9. The minimum atomic E-state index is -0.150. The maximum absolute atomic E-state index is 13.8. The monoisotopic (exact) mass is 400 g/mol. The number of morpholine rings is 1. The van der Waals surface area contributed by atoms with Gasteiger partial charge in [0, 0.05) is 36.9 Å². The van der Waals surface area contributed by atoms with Gasteiger partial charge in [0.1, 0.15) is 5.82 Å². The molecule has 0 radical (unpaired) electrons. The molecule has 0 saturated carbocycles. The lowest BCUT2D eigenvalue weighted by atomic mass is 9.91. The topological polar surface area (TPSA) is 59.4 Å². The van der Waals surface area contributed by atoms with E-state index in [1.165, 1.54) is 11.8 Å². The predicted molar refractivity (Wildman–Crippen MR) is 109 cm³/mol. The van der Waals surface area contributed by atoms with Gasteiger partial charge in [-0.1, -0.05) is 18.2 Å². The van der Waals surface area contributed by atoms with Crippen molar-refractivity contribution in [1.29, 1.82) is 0 Å². The van der Waals surface area contributed by atoms with Crippen LogP contribution < -0.4 is 5.32 Å². The summed E-state index contributed by atoms with van der Waals surface area (Å²) in [5.41, 5.74) is 3.61. The number of hydrogen-bond donors (Lipinski definition) is 1. The fourth-order valence-electron chi connectivity index (χ4n) is 4.32. The number of carbonyl (C=O) groups excluding carboxylic acids is 1. The first kappa shape index (κ1) is 20.0. The highest BCUT2D eigenvalue weighted by Gasteiger charge is 2.31. The van der Waals surface area contributed by atoms with E-state index in [0.717, 1.165) is 43.5 Å². The van der Waals surface area contributed by atoms with Crippen molar-refractivity contribution < 1.29 is 13.9 Å². The molecule has 1 fully saturated rings. The van der Waals surface area contributed by atoms with E-state index in [1.54, 1.807) is 6.07 Å². The number of amides is 1. The Bertz CT molecular complexity index is 860. The van der Waals surface area contributed by atoms with E-state index < -0.39 is 0 Å².